The van der Waals surface area contributed by atoms with Crippen LogP contribution in [0.4, 0.5) is 0 Å². The van der Waals surface area contributed by atoms with Crippen molar-refractivity contribution in [2.24, 2.45) is 0 Å². The molecule has 0 saturated carbocycles. The maximum absolute atomic E-state index is 10.2. The van der Waals surface area contributed by atoms with Crippen LogP contribution in [0.25, 0.3) is 11.4 Å². The van der Waals surface area contributed by atoms with Crippen LogP contribution in [-0.2, 0) is 16.1 Å². The highest BCUT2D eigenvalue weighted by Crippen LogP contribution is 2.15. The zero-order valence-electron chi connectivity index (χ0n) is 8.12. The molecule has 16 heavy (non-hydrogen) atoms. The number of furan rings is 1. The van der Waals surface area contributed by atoms with Crippen molar-refractivity contribution < 1.29 is 23.6 Å². The van der Waals surface area contributed by atoms with Gasteiger partial charge >= 0.3 is 5.97 Å². The van der Waals surface area contributed by atoms with E-state index in [0.717, 1.165) is 0 Å². The summed E-state index contributed by atoms with van der Waals surface area (Å²) < 4.78 is 14.5. The first-order valence-electron chi connectivity index (χ1n) is 4.40. The van der Waals surface area contributed by atoms with Gasteiger partial charge in [0.1, 0.15) is 19.5 Å². The fraction of sp³-hybridized carbons (Fsp3) is 0.222. The van der Waals surface area contributed by atoms with E-state index in [4.69, 9.17) is 18.8 Å². The van der Waals surface area contributed by atoms with Crippen LogP contribution in [0.2, 0.25) is 0 Å². The molecule has 1 N–H and O–H groups in total. The van der Waals surface area contributed by atoms with Gasteiger partial charge in [0.15, 0.2) is 0 Å². The molecule has 0 aliphatic carbocycles. The average molecular weight is 224 g/mol. The molecular weight excluding hydrogens is 216 g/mol. The minimum atomic E-state index is -1.05. The minimum absolute atomic E-state index is 0.0306. The average Bonchev–Trinajstić information content (AvgIpc) is 2.85. The highest BCUT2D eigenvalue weighted by atomic mass is 16.5. The zero-order valence-corrected chi connectivity index (χ0v) is 8.12. The van der Waals surface area contributed by atoms with Crippen molar-refractivity contribution in [2.75, 3.05) is 6.61 Å². The largest absolute Gasteiger partial charge is 0.480 e. The summed E-state index contributed by atoms with van der Waals surface area (Å²) in [7, 11) is 0. The summed E-state index contributed by atoms with van der Waals surface area (Å²) in [6.45, 7) is -0.430. The Balaban J connectivity index is 1.95. The molecule has 2 rings (SSSR count). The quantitative estimate of drug-likeness (QED) is 0.806. The van der Waals surface area contributed by atoms with Gasteiger partial charge in [-0.1, -0.05) is 5.16 Å². The monoisotopic (exact) mass is 224 g/mol. The second-order valence-electron chi connectivity index (χ2n) is 2.91. The van der Waals surface area contributed by atoms with Gasteiger partial charge in [0.2, 0.25) is 5.82 Å². The van der Waals surface area contributed by atoms with Crippen molar-refractivity contribution in [3.05, 3.63) is 24.5 Å². The molecule has 84 valence electrons. The van der Waals surface area contributed by atoms with Gasteiger partial charge in [0.25, 0.3) is 5.89 Å². The number of hydrogen-bond acceptors (Lipinski definition) is 6. The Hall–Kier alpha value is -2.15. The first-order valence-corrected chi connectivity index (χ1v) is 4.40. The Morgan fingerprint density at radius 3 is 3.12 bits per heavy atom. The molecule has 0 amide bonds. The number of aliphatic carboxylic acids is 1. The van der Waals surface area contributed by atoms with Crippen LogP contribution in [0, 0.1) is 0 Å². The Morgan fingerprint density at radius 2 is 2.44 bits per heavy atom. The highest BCUT2D eigenvalue weighted by Gasteiger charge is 2.09. The number of rotatable bonds is 5. The fourth-order valence-electron chi connectivity index (χ4n) is 1.05. The van der Waals surface area contributed by atoms with E-state index < -0.39 is 12.6 Å². The van der Waals surface area contributed by atoms with Crippen LogP contribution in [0.5, 0.6) is 0 Å². The third-order valence-corrected chi connectivity index (χ3v) is 1.70. The molecule has 7 nitrogen and oxygen atoms in total. The van der Waals surface area contributed by atoms with Gasteiger partial charge in [0.05, 0.1) is 11.8 Å². The van der Waals surface area contributed by atoms with Crippen LogP contribution < -0.4 is 0 Å². The van der Waals surface area contributed by atoms with Gasteiger partial charge in [-0.05, 0) is 6.07 Å². The molecule has 0 unspecified atom stereocenters. The third-order valence-electron chi connectivity index (χ3n) is 1.70. The van der Waals surface area contributed by atoms with E-state index in [-0.39, 0.29) is 12.5 Å². The van der Waals surface area contributed by atoms with Crippen LogP contribution in [0.1, 0.15) is 5.89 Å². The molecule has 0 aromatic carbocycles. The van der Waals surface area contributed by atoms with E-state index in [1.54, 1.807) is 6.07 Å². The SMILES string of the molecule is O=C(O)COCc1nc(-c2ccoc2)no1. The standard InChI is InChI=1S/C9H8N2O5/c12-8(13)5-15-4-7-10-9(11-16-7)6-1-2-14-3-6/h1-3H,4-5H2,(H,12,13). The molecule has 0 saturated heterocycles. The summed E-state index contributed by atoms with van der Waals surface area (Å²) in [5.74, 6) is -0.449. The smallest absolute Gasteiger partial charge is 0.329 e. The number of carboxylic acid groups (broad SMARTS) is 1. The topological polar surface area (TPSA) is 98.6 Å². The molecule has 0 aliphatic rings. The number of hydrogen-bond donors (Lipinski definition) is 1. The van der Waals surface area contributed by atoms with E-state index in [0.29, 0.717) is 11.4 Å². The van der Waals surface area contributed by atoms with E-state index in [2.05, 4.69) is 10.1 Å². The Labute approximate surface area is 89.6 Å². The number of carboxylic acids is 1. The summed E-state index contributed by atoms with van der Waals surface area (Å²) in [5, 5.41) is 12.0. The van der Waals surface area contributed by atoms with Gasteiger partial charge in [-0.25, -0.2) is 4.79 Å². The lowest BCUT2D eigenvalue weighted by molar-refractivity contribution is -0.142. The van der Waals surface area contributed by atoms with Crippen molar-refractivity contribution in [1.29, 1.82) is 0 Å². The molecule has 0 aliphatic heterocycles. The fourth-order valence-corrected chi connectivity index (χ4v) is 1.05. The molecule has 0 spiro atoms. The van der Waals surface area contributed by atoms with E-state index in [1.165, 1.54) is 12.5 Å². The lowest BCUT2D eigenvalue weighted by atomic mass is 10.3. The second-order valence-corrected chi connectivity index (χ2v) is 2.91. The first-order chi connectivity index (χ1) is 7.75. The van der Waals surface area contributed by atoms with Gasteiger partial charge in [-0.2, -0.15) is 4.98 Å². The predicted molar refractivity (Wildman–Crippen MR) is 49.3 cm³/mol. The number of carbonyl (C=O) groups is 1. The van der Waals surface area contributed by atoms with E-state index in [1.807, 2.05) is 0 Å². The molecule has 0 atom stereocenters. The molecule has 0 radical (unpaired) electrons. The third kappa shape index (κ3) is 2.45. The molecular formula is C9H8N2O5. The van der Waals surface area contributed by atoms with Crippen molar-refractivity contribution in [3.63, 3.8) is 0 Å². The summed E-state index contributed by atoms with van der Waals surface area (Å²) >= 11 is 0. The Kier molecular flexibility index (Phi) is 2.97. The van der Waals surface area contributed by atoms with Gasteiger partial charge < -0.3 is 18.8 Å². The molecule has 7 heteroatoms. The van der Waals surface area contributed by atoms with Crippen molar-refractivity contribution in [3.8, 4) is 11.4 Å². The zero-order chi connectivity index (χ0) is 11.4. The summed E-state index contributed by atoms with van der Waals surface area (Å²) in [6, 6.07) is 1.69. The normalized spacial score (nSPS) is 10.5. The first kappa shape index (κ1) is 10.4. The summed E-state index contributed by atoms with van der Waals surface area (Å²) in [4.78, 5) is 14.2. The predicted octanol–water partition coefficient (Wildman–Crippen LogP) is 0.931. The molecule has 2 aromatic heterocycles. The minimum Gasteiger partial charge on any atom is -0.480 e. The van der Waals surface area contributed by atoms with E-state index in [9.17, 15) is 4.79 Å². The van der Waals surface area contributed by atoms with E-state index >= 15 is 0 Å². The van der Waals surface area contributed by atoms with Gasteiger partial charge in [0, 0.05) is 0 Å². The highest BCUT2D eigenvalue weighted by molar-refractivity contribution is 5.67. The lowest BCUT2D eigenvalue weighted by Crippen LogP contribution is -2.06. The van der Waals surface area contributed by atoms with Gasteiger partial charge in [-0.15, -0.1) is 0 Å². The lowest BCUT2D eigenvalue weighted by Gasteiger charge is -1.93. The number of aromatic nitrogens is 2. The summed E-state index contributed by atoms with van der Waals surface area (Å²) in [6.07, 6.45) is 2.97. The molecule has 0 bridgehead atoms. The van der Waals surface area contributed by atoms with Crippen molar-refractivity contribution in [1.82, 2.24) is 10.1 Å². The Bertz CT molecular complexity index is 462. The van der Waals surface area contributed by atoms with Crippen molar-refractivity contribution in [2.45, 2.75) is 6.61 Å². The maximum atomic E-state index is 10.2. The molecule has 2 heterocycles. The Morgan fingerprint density at radius 1 is 1.56 bits per heavy atom. The second kappa shape index (κ2) is 4.58. The molecule has 0 fully saturated rings. The number of ether oxygens (including phenoxy) is 1. The van der Waals surface area contributed by atoms with Crippen LogP contribution >= 0.6 is 0 Å². The van der Waals surface area contributed by atoms with Crippen LogP contribution in [-0.4, -0.2) is 27.8 Å². The van der Waals surface area contributed by atoms with Crippen LogP contribution in [0.3, 0.4) is 0 Å². The van der Waals surface area contributed by atoms with Gasteiger partial charge in [-0.3, -0.25) is 0 Å². The van der Waals surface area contributed by atoms with Crippen LogP contribution in [0.15, 0.2) is 27.5 Å². The maximum Gasteiger partial charge on any atom is 0.329 e. The van der Waals surface area contributed by atoms with Crippen molar-refractivity contribution >= 4 is 5.97 Å². The summed E-state index contributed by atoms with van der Waals surface area (Å²) in [5.41, 5.74) is 0.688. The molecule has 2 aromatic rings. The number of nitrogens with zero attached hydrogens (tertiary/aromatic N) is 2.